The minimum atomic E-state index is -0.868. The van der Waals surface area contributed by atoms with Crippen molar-refractivity contribution in [2.24, 2.45) is 0 Å². The third kappa shape index (κ3) is 2.39. The van der Waals surface area contributed by atoms with Crippen molar-refractivity contribution in [1.82, 2.24) is 14.9 Å². The summed E-state index contributed by atoms with van der Waals surface area (Å²) >= 11 is 0. The predicted molar refractivity (Wildman–Crippen MR) is 75.3 cm³/mol. The van der Waals surface area contributed by atoms with Crippen LogP contribution < -0.4 is 0 Å². The molecular formula is C15H17N3O2. The summed E-state index contributed by atoms with van der Waals surface area (Å²) in [6.45, 7) is 0.585. The van der Waals surface area contributed by atoms with Gasteiger partial charge in [0.15, 0.2) is 0 Å². The van der Waals surface area contributed by atoms with Crippen molar-refractivity contribution in [3.05, 3.63) is 42.4 Å². The number of hydrogen-bond acceptors (Lipinski definition) is 2. The Labute approximate surface area is 117 Å². The van der Waals surface area contributed by atoms with Gasteiger partial charge in [-0.2, -0.15) is 0 Å². The fraction of sp³-hybridized carbons (Fsp3) is 0.333. The second-order valence-electron chi connectivity index (χ2n) is 5.04. The van der Waals surface area contributed by atoms with Crippen LogP contribution in [0.4, 0.5) is 4.79 Å². The van der Waals surface area contributed by atoms with E-state index in [2.05, 4.69) is 9.97 Å². The van der Waals surface area contributed by atoms with E-state index in [4.69, 9.17) is 0 Å². The van der Waals surface area contributed by atoms with Crippen molar-refractivity contribution in [2.45, 2.75) is 25.3 Å². The number of amides is 1. The van der Waals surface area contributed by atoms with Gasteiger partial charge in [0, 0.05) is 6.54 Å². The molecule has 1 saturated heterocycles. The number of benzene rings is 1. The number of rotatable bonds is 2. The maximum atomic E-state index is 11.3. The van der Waals surface area contributed by atoms with Gasteiger partial charge >= 0.3 is 6.09 Å². The van der Waals surface area contributed by atoms with Gasteiger partial charge in [-0.3, -0.25) is 4.90 Å². The van der Waals surface area contributed by atoms with Gasteiger partial charge in [-0.25, -0.2) is 9.78 Å². The molecule has 5 nitrogen and oxygen atoms in total. The number of nitrogens with one attached hydrogen (secondary N) is 1. The molecular weight excluding hydrogens is 254 g/mol. The normalized spacial score (nSPS) is 19.0. The molecule has 0 radical (unpaired) electrons. The van der Waals surface area contributed by atoms with E-state index >= 15 is 0 Å². The molecule has 104 valence electrons. The van der Waals surface area contributed by atoms with Crippen molar-refractivity contribution in [3.63, 3.8) is 0 Å². The number of aromatic nitrogens is 2. The van der Waals surface area contributed by atoms with Gasteiger partial charge in [0.05, 0.1) is 17.9 Å². The van der Waals surface area contributed by atoms with Crippen molar-refractivity contribution in [1.29, 1.82) is 0 Å². The largest absolute Gasteiger partial charge is 0.465 e. The first-order valence-corrected chi connectivity index (χ1v) is 6.85. The summed E-state index contributed by atoms with van der Waals surface area (Å²) in [7, 11) is 0. The van der Waals surface area contributed by atoms with Gasteiger partial charge in [-0.15, -0.1) is 0 Å². The smallest absolute Gasteiger partial charge is 0.407 e. The Morgan fingerprint density at radius 2 is 2.10 bits per heavy atom. The molecule has 1 aromatic carbocycles. The van der Waals surface area contributed by atoms with Crippen LogP contribution >= 0.6 is 0 Å². The minimum absolute atomic E-state index is 0.154. The van der Waals surface area contributed by atoms with Crippen LogP contribution in [0.1, 0.15) is 31.1 Å². The van der Waals surface area contributed by atoms with Crippen molar-refractivity contribution in [2.75, 3.05) is 6.54 Å². The van der Waals surface area contributed by atoms with Gasteiger partial charge in [0.2, 0.25) is 0 Å². The fourth-order valence-corrected chi connectivity index (χ4v) is 2.72. The van der Waals surface area contributed by atoms with Crippen LogP contribution in [0.3, 0.4) is 0 Å². The zero-order chi connectivity index (χ0) is 13.9. The van der Waals surface area contributed by atoms with Crippen LogP contribution in [0, 0.1) is 0 Å². The molecule has 3 rings (SSSR count). The first-order chi connectivity index (χ1) is 9.75. The molecule has 1 aliphatic rings. The molecule has 2 heterocycles. The van der Waals surface area contributed by atoms with Crippen LogP contribution in [0.2, 0.25) is 0 Å². The predicted octanol–water partition coefficient (Wildman–Crippen LogP) is 3.28. The number of nitrogens with zero attached hydrogens (tertiary/aromatic N) is 2. The van der Waals surface area contributed by atoms with E-state index in [0.29, 0.717) is 6.54 Å². The summed E-state index contributed by atoms with van der Waals surface area (Å²) in [6, 6.07) is 9.77. The maximum absolute atomic E-state index is 11.3. The van der Waals surface area contributed by atoms with Gasteiger partial charge < -0.3 is 10.1 Å². The van der Waals surface area contributed by atoms with Gasteiger partial charge in [-0.1, -0.05) is 30.3 Å². The van der Waals surface area contributed by atoms with Crippen molar-refractivity contribution >= 4 is 6.09 Å². The number of hydrogen-bond donors (Lipinski definition) is 2. The maximum Gasteiger partial charge on any atom is 0.407 e. The van der Waals surface area contributed by atoms with Crippen LogP contribution in [-0.4, -0.2) is 32.6 Å². The molecule has 0 bridgehead atoms. The number of carbonyl (C=O) groups is 1. The standard InChI is InChI=1S/C15H17N3O2/c19-15(20)18-9-5-4-8-13(18)14-16-10-12(17-14)11-6-2-1-3-7-11/h1-3,6-7,10,13H,4-5,8-9H2,(H,16,17)(H,19,20). The molecule has 2 aromatic rings. The molecule has 5 heteroatoms. The molecule has 20 heavy (non-hydrogen) atoms. The van der Waals surface area contributed by atoms with Crippen molar-refractivity contribution in [3.8, 4) is 11.3 Å². The Morgan fingerprint density at radius 3 is 2.85 bits per heavy atom. The topological polar surface area (TPSA) is 69.2 Å². The van der Waals surface area contributed by atoms with Gasteiger partial charge in [-0.05, 0) is 24.8 Å². The van der Waals surface area contributed by atoms with E-state index < -0.39 is 6.09 Å². The SMILES string of the molecule is O=C(O)N1CCCCC1c1ncc(-c2ccccc2)[nH]1. The lowest BCUT2D eigenvalue weighted by Gasteiger charge is -2.32. The molecule has 1 fully saturated rings. The summed E-state index contributed by atoms with van der Waals surface area (Å²) in [5.74, 6) is 0.742. The Morgan fingerprint density at radius 1 is 1.30 bits per heavy atom. The van der Waals surface area contributed by atoms with Gasteiger partial charge in [0.25, 0.3) is 0 Å². The molecule has 1 atom stereocenters. The monoisotopic (exact) mass is 271 g/mol. The van der Waals surface area contributed by atoms with E-state index in [1.54, 1.807) is 6.20 Å². The highest BCUT2D eigenvalue weighted by molar-refractivity contribution is 5.66. The van der Waals surface area contributed by atoms with Gasteiger partial charge in [0.1, 0.15) is 5.82 Å². The number of imidazole rings is 1. The van der Waals surface area contributed by atoms with Crippen LogP contribution in [0.5, 0.6) is 0 Å². The number of piperidine rings is 1. The molecule has 2 N–H and O–H groups in total. The van der Waals surface area contributed by atoms with Crippen LogP contribution in [-0.2, 0) is 0 Å². The van der Waals surface area contributed by atoms with E-state index in [9.17, 15) is 9.90 Å². The lowest BCUT2D eigenvalue weighted by Crippen LogP contribution is -2.37. The highest BCUT2D eigenvalue weighted by atomic mass is 16.4. The Kier molecular flexibility index (Phi) is 3.41. The third-order valence-electron chi connectivity index (χ3n) is 3.74. The molecule has 1 unspecified atom stereocenters. The number of aromatic amines is 1. The summed E-state index contributed by atoms with van der Waals surface area (Å²) in [6.07, 6.45) is 3.70. The molecule has 1 aromatic heterocycles. The molecule has 0 saturated carbocycles. The first-order valence-electron chi connectivity index (χ1n) is 6.85. The lowest BCUT2D eigenvalue weighted by molar-refractivity contribution is 0.104. The summed E-state index contributed by atoms with van der Waals surface area (Å²) in [5.41, 5.74) is 1.99. The quantitative estimate of drug-likeness (QED) is 0.880. The fourth-order valence-electron chi connectivity index (χ4n) is 2.72. The summed E-state index contributed by atoms with van der Waals surface area (Å²) in [4.78, 5) is 20.4. The number of H-pyrrole nitrogens is 1. The molecule has 0 aliphatic carbocycles. The summed E-state index contributed by atoms with van der Waals surface area (Å²) in [5, 5.41) is 9.28. The Balaban J connectivity index is 1.87. The van der Waals surface area contributed by atoms with E-state index in [1.165, 1.54) is 4.90 Å². The highest BCUT2D eigenvalue weighted by Gasteiger charge is 2.29. The van der Waals surface area contributed by atoms with Crippen LogP contribution in [0.15, 0.2) is 36.5 Å². The van der Waals surface area contributed by atoms with Crippen LogP contribution in [0.25, 0.3) is 11.3 Å². The Hall–Kier alpha value is -2.30. The third-order valence-corrected chi connectivity index (χ3v) is 3.74. The second-order valence-corrected chi connectivity index (χ2v) is 5.04. The van der Waals surface area contributed by atoms with Crippen molar-refractivity contribution < 1.29 is 9.90 Å². The average Bonchev–Trinajstić information content (AvgIpc) is 2.98. The zero-order valence-electron chi connectivity index (χ0n) is 11.1. The minimum Gasteiger partial charge on any atom is -0.465 e. The van der Waals surface area contributed by atoms with E-state index in [0.717, 1.165) is 36.3 Å². The zero-order valence-corrected chi connectivity index (χ0v) is 11.1. The number of likely N-dealkylation sites (tertiary alicyclic amines) is 1. The highest BCUT2D eigenvalue weighted by Crippen LogP contribution is 2.30. The molecule has 1 amide bonds. The van der Waals surface area contributed by atoms with E-state index in [1.807, 2.05) is 30.3 Å². The second kappa shape index (κ2) is 5.36. The first kappa shape index (κ1) is 12.7. The number of carboxylic acid groups (broad SMARTS) is 1. The molecule has 1 aliphatic heterocycles. The lowest BCUT2D eigenvalue weighted by atomic mass is 10.0. The Bertz CT molecular complexity index is 594. The average molecular weight is 271 g/mol. The van der Waals surface area contributed by atoms with E-state index in [-0.39, 0.29) is 6.04 Å². The summed E-state index contributed by atoms with van der Waals surface area (Å²) < 4.78 is 0. The molecule has 0 spiro atoms.